The van der Waals surface area contributed by atoms with Gasteiger partial charge in [0.15, 0.2) is 11.8 Å². The van der Waals surface area contributed by atoms with Crippen LogP contribution in [0.4, 0.5) is 0 Å². The average Bonchev–Trinajstić information content (AvgIpc) is 3.24. The molecule has 1 saturated heterocycles. The molecule has 1 aliphatic heterocycles. The van der Waals surface area contributed by atoms with Gasteiger partial charge in [-0.05, 0) is 44.0 Å². The van der Waals surface area contributed by atoms with Gasteiger partial charge < -0.3 is 19.7 Å². The van der Waals surface area contributed by atoms with Gasteiger partial charge in [0.2, 0.25) is 0 Å². The van der Waals surface area contributed by atoms with Crippen LogP contribution < -0.4 is 10.1 Å². The van der Waals surface area contributed by atoms with Crippen molar-refractivity contribution in [1.82, 2.24) is 25.4 Å². The molecule has 2 heterocycles. The van der Waals surface area contributed by atoms with Crippen LogP contribution >= 0.6 is 0 Å². The molecule has 0 bridgehead atoms. The number of aliphatic imine (C=N–C) groups is 1. The second-order valence-corrected chi connectivity index (χ2v) is 6.77. The second-order valence-electron chi connectivity index (χ2n) is 6.77. The number of ether oxygens (including phenoxy) is 2. The Hall–Kier alpha value is -3.10. The zero-order valence-electron chi connectivity index (χ0n) is 17.1. The Morgan fingerprint density at radius 3 is 2.86 bits per heavy atom. The lowest BCUT2D eigenvalue weighted by atomic mass is 9.98. The number of nitrogens with zero attached hydrogens (tertiary/aromatic N) is 4. The minimum absolute atomic E-state index is 0.116. The minimum Gasteiger partial charge on any atom is -0.497 e. The number of benzene rings is 1. The number of rotatable bonds is 6. The summed E-state index contributed by atoms with van der Waals surface area (Å²) in [7, 11) is 3.37. The number of piperidine rings is 1. The Kier molecular flexibility index (Phi) is 7.04. The highest BCUT2D eigenvalue weighted by Gasteiger charge is 2.28. The summed E-state index contributed by atoms with van der Waals surface area (Å²) in [5.41, 5.74) is 0.908. The van der Waals surface area contributed by atoms with E-state index in [1.807, 2.05) is 31.2 Å². The summed E-state index contributed by atoms with van der Waals surface area (Å²) in [6, 6.07) is 7.59. The average molecular weight is 400 g/mol. The Labute approximate surface area is 170 Å². The van der Waals surface area contributed by atoms with Crippen molar-refractivity contribution in [2.45, 2.75) is 26.3 Å². The maximum absolute atomic E-state index is 12.1. The SMILES string of the molecule is CCOC(=O)C1CCCN(C(=NC)NCc2nc(-c3ccc(OC)cc3)n[nH]2)C1. The first-order valence-corrected chi connectivity index (χ1v) is 9.82. The molecule has 9 heteroatoms. The summed E-state index contributed by atoms with van der Waals surface area (Å²) in [6.07, 6.45) is 1.77. The molecule has 2 aromatic rings. The van der Waals surface area contributed by atoms with Crippen LogP contribution in [0, 0.1) is 5.92 Å². The lowest BCUT2D eigenvalue weighted by Crippen LogP contribution is -2.48. The number of H-pyrrole nitrogens is 1. The molecule has 0 radical (unpaired) electrons. The van der Waals surface area contributed by atoms with E-state index in [9.17, 15) is 4.79 Å². The summed E-state index contributed by atoms with van der Waals surface area (Å²) in [6.45, 7) is 4.15. The van der Waals surface area contributed by atoms with Crippen molar-refractivity contribution in [2.75, 3.05) is 33.9 Å². The Balaban J connectivity index is 1.58. The van der Waals surface area contributed by atoms with Gasteiger partial charge in [0.25, 0.3) is 0 Å². The molecular formula is C20H28N6O3. The van der Waals surface area contributed by atoms with Gasteiger partial charge in [-0.15, -0.1) is 0 Å². The van der Waals surface area contributed by atoms with Crippen LogP contribution in [-0.2, 0) is 16.1 Å². The highest BCUT2D eigenvalue weighted by Crippen LogP contribution is 2.20. The third-order valence-electron chi connectivity index (χ3n) is 4.85. The first-order chi connectivity index (χ1) is 14.1. The summed E-state index contributed by atoms with van der Waals surface area (Å²) >= 11 is 0. The van der Waals surface area contributed by atoms with Gasteiger partial charge in [-0.3, -0.25) is 14.9 Å². The smallest absolute Gasteiger partial charge is 0.310 e. The lowest BCUT2D eigenvalue weighted by Gasteiger charge is -2.33. The van der Waals surface area contributed by atoms with E-state index in [0.717, 1.165) is 36.7 Å². The molecule has 0 saturated carbocycles. The molecule has 1 atom stereocenters. The highest BCUT2D eigenvalue weighted by molar-refractivity contribution is 5.81. The molecule has 1 aromatic carbocycles. The monoisotopic (exact) mass is 400 g/mol. The van der Waals surface area contributed by atoms with Gasteiger partial charge in [0.05, 0.1) is 26.2 Å². The van der Waals surface area contributed by atoms with Gasteiger partial charge in [-0.2, -0.15) is 5.10 Å². The number of methoxy groups -OCH3 is 1. The van der Waals surface area contributed by atoms with Crippen molar-refractivity contribution >= 4 is 11.9 Å². The summed E-state index contributed by atoms with van der Waals surface area (Å²) in [4.78, 5) is 23.1. The largest absolute Gasteiger partial charge is 0.497 e. The van der Waals surface area contributed by atoms with Gasteiger partial charge >= 0.3 is 5.97 Å². The first-order valence-electron chi connectivity index (χ1n) is 9.82. The maximum atomic E-state index is 12.1. The molecule has 0 amide bonds. The van der Waals surface area contributed by atoms with Crippen LogP contribution in [-0.4, -0.2) is 65.9 Å². The fourth-order valence-electron chi connectivity index (χ4n) is 3.36. The van der Waals surface area contributed by atoms with E-state index in [4.69, 9.17) is 9.47 Å². The third-order valence-corrected chi connectivity index (χ3v) is 4.85. The number of aromatic amines is 1. The van der Waals surface area contributed by atoms with Gasteiger partial charge in [-0.25, -0.2) is 4.98 Å². The van der Waals surface area contributed by atoms with Crippen molar-refractivity contribution < 1.29 is 14.3 Å². The topological polar surface area (TPSA) is 105 Å². The number of carbonyl (C=O) groups is 1. The van der Waals surface area contributed by atoms with Gasteiger partial charge in [-0.1, -0.05) is 0 Å². The fourth-order valence-corrected chi connectivity index (χ4v) is 3.36. The van der Waals surface area contributed by atoms with Crippen LogP contribution in [0.15, 0.2) is 29.3 Å². The number of carbonyl (C=O) groups excluding carboxylic acids is 1. The maximum Gasteiger partial charge on any atom is 0.310 e. The van der Waals surface area contributed by atoms with Crippen molar-refractivity contribution in [1.29, 1.82) is 0 Å². The standard InChI is InChI=1S/C20H28N6O3/c1-4-29-19(27)15-6-5-11-26(13-15)20(21-2)22-12-17-23-18(25-24-17)14-7-9-16(28-3)10-8-14/h7-10,15H,4-6,11-13H2,1-3H3,(H,21,22)(H,23,24,25). The van der Waals surface area contributed by atoms with E-state index in [1.54, 1.807) is 14.2 Å². The number of aromatic nitrogens is 3. The molecular weight excluding hydrogens is 372 g/mol. The summed E-state index contributed by atoms with van der Waals surface area (Å²) in [5.74, 6) is 2.61. The van der Waals surface area contributed by atoms with Gasteiger partial charge in [0.1, 0.15) is 11.6 Å². The Morgan fingerprint density at radius 2 is 2.17 bits per heavy atom. The lowest BCUT2D eigenvalue weighted by molar-refractivity contribution is -0.149. The molecule has 1 fully saturated rings. The normalized spacial score (nSPS) is 17.1. The van der Waals surface area contributed by atoms with Crippen molar-refractivity contribution in [3.05, 3.63) is 30.1 Å². The van der Waals surface area contributed by atoms with Crippen LogP contribution in [0.1, 0.15) is 25.6 Å². The molecule has 1 aliphatic rings. The van der Waals surface area contributed by atoms with E-state index in [0.29, 0.717) is 31.3 Å². The molecule has 1 unspecified atom stereocenters. The van der Waals surface area contributed by atoms with Crippen molar-refractivity contribution in [2.24, 2.45) is 10.9 Å². The quantitative estimate of drug-likeness (QED) is 0.433. The number of guanidine groups is 1. The zero-order chi connectivity index (χ0) is 20.6. The molecule has 1 aromatic heterocycles. The zero-order valence-corrected chi connectivity index (χ0v) is 17.1. The van der Waals surface area contributed by atoms with E-state index < -0.39 is 0 Å². The first kappa shape index (κ1) is 20.6. The number of nitrogens with one attached hydrogen (secondary N) is 2. The fraction of sp³-hybridized carbons (Fsp3) is 0.500. The highest BCUT2D eigenvalue weighted by atomic mass is 16.5. The second kappa shape index (κ2) is 9.90. The van der Waals surface area contributed by atoms with Crippen LogP contribution in [0.2, 0.25) is 0 Å². The minimum atomic E-state index is -0.132. The molecule has 0 aliphatic carbocycles. The van der Waals surface area contributed by atoms with E-state index in [1.165, 1.54) is 0 Å². The Morgan fingerprint density at radius 1 is 1.38 bits per heavy atom. The number of likely N-dealkylation sites (tertiary alicyclic amines) is 1. The van der Waals surface area contributed by atoms with Crippen molar-refractivity contribution in [3.63, 3.8) is 0 Å². The Bertz CT molecular complexity index is 833. The molecule has 29 heavy (non-hydrogen) atoms. The predicted octanol–water partition coefficient (Wildman–Crippen LogP) is 1.83. The molecule has 9 nitrogen and oxygen atoms in total. The van der Waals surface area contributed by atoms with Crippen LogP contribution in [0.5, 0.6) is 5.75 Å². The van der Waals surface area contributed by atoms with E-state index in [2.05, 4.69) is 30.4 Å². The third kappa shape index (κ3) is 5.24. The summed E-state index contributed by atoms with van der Waals surface area (Å²) in [5, 5.41) is 10.5. The van der Waals surface area contributed by atoms with Crippen molar-refractivity contribution in [3.8, 4) is 17.1 Å². The van der Waals surface area contributed by atoms with Gasteiger partial charge in [0, 0.05) is 25.7 Å². The van der Waals surface area contributed by atoms with E-state index in [-0.39, 0.29) is 11.9 Å². The molecule has 156 valence electrons. The number of hydrogen-bond acceptors (Lipinski definition) is 6. The van der Waals surface area contributed by atoms with Crippen LogP contribution in [0.3, 0.4) is 0 Å². The number of hydrogen-bond donors (Lipinski definition) is 2. The van der Waals surface area contributed by atoms with E-state index >= 15 is 0 Å². The molecule has 3 rings (SSSR count). The predicted molar refractivity (Wildman–Crippen MR) is 109 cm³/mol. The molecule has 0 spiro atoms. The number of esters is 1. The summed E-state index contributed by atoms with van der Waals surface area (Å²) < 4.78 is 10.4. The van der Waals surface area contributed by atoms with Crippen LogP contribution in [0.25, 0.3) is 11.4 Å². The molecule has 2 N–H and O–H groups in total.